The predicted octanol–water partition coefficient (Wildman–Crippen LogP) is 5.42. The molecule has 39 heavy (non-hydrogen) atoms. The molecular formula is C32H39N3O4. The number of ether oxygens (including phenoxy) is 2. The predicted molar refractivity (Wildman–Crippen MR) is 150 cm³/mol. The van der Waals surface area contributed by atoms with Gasteiger partial charge < -0.3 is 24.5 Å². The van der Waals surface area contributed by atoms with E-state index in [-0.39, 0.29) is 29.2 Å². The number of amides is 1. The molecule has 2 bridgehead atoms. The second kappa shape index (κ2) is 8.48. The number of aromatic nitrogens is 1. The zero-order chi connectivity index (χ0) is 27.2. The van der Waals surface area contributed by atoms with Crippen LogP contribution in [0.15, 0.2) is 48.5 Å². The van der Waals surface area contributed by atoms with Gasteiger partial charge in [0.1, 0.15) is 17.5 Å². The summed E-state index contributed by atoms with van der Waals surface area (Å²) in [4.78, 5) is 20.5. The molecule has 7 nitrogen and oxygen atoms in total. The van der Waals surface area contributed by atoms with Crippen LogP contribution in [0, 0.1) is 5.41 Å². The van der Waals surface area contributed by atoms with E-state index in [1.807, 2.05) is 20.8 Å². The molecule has 7 heteroatoms. The van der Waals surface area contributed by atoms with Crippen LogP contribution in [-0.2, 0) is 11.2 Å². The molecule has 3 saturated carbocycles. The molecule has 1 saturated heterocycles. The number of carbonyl (C=O) groups is 1. The van der Waals surface area contributed by atoms with Gasteiger partial charge in [0.2, 0.25) is 0 Å². The molecule has 0 radical (unpaired) electrons. The van der Waals surface area contributed by atoms with E-state index in [4.69, 9.17) is 9.47 Å². The minimum absolute atomic E-state index is 0.0228. The highest BCUT2D eigenvalue weighted by Gasteiger charge is 2.71. The number of para-hydroxylation sites is 1. The average Bonchev–Trinajstić information content (AvgIpc) is 3.17. The van der Waals surface area contributed by atoms with E-state index in [9.17, 15) is 9.90 Å². The smallest absolute Gasteiger partial charge is 0.410 e. The summed E-state index contributed by atoms with van der Waals surface area (Å²) in [6, 6.07) is 17.7. The molecule has 8 rings (SSSR count). The molecule has 2 aromatic carbocycles. The second-order valence-electron chi connectivity index (χ2n) is 13.5. The monoisotopic (exact) mass is 529 g/mol. The maximum Gasteiger partial charge on any atom is 0.410 e. The van der Waals surface area contributed by atoms with Gasteiger partial charge in [-0.3, -0.25) is 4.90 Å². The number of nitrogens with one attached hydrogen (secondary N) is 1. The van der Waals surface area contributed by atoms with Gasteiger partial charge in [-0.1, -0.05) is 30.3 Å². The lowest BCUT2D eigenvalue weighted by molar-refractivity contribution is -0.254. The number of carbonyl (C=O) groups excluding carboxylic acids is 1. The fourth-order valence-corrected chi connectivity index (χ4v) is 7.82. The highest BCUT2D eigenvalue weighted by Crippen LogP contribution is 2.71. The topological polar surface area (TPSA) is 78.0 Å². The Morgan fingerprint density at radius 2 is 1.77 bits per heavy atom. The Morgan fingerprint density at radius 3 is 2.44 bits per heavy atom. The number of hydrogen-bond donors (Lipinski definition) is 2. The van der Waals surface area contributed by atoms with Gasteiger partial charge in [0.25, 0.3) is 0 Å². The van der Waals surface area contributed by atoms with Crippen molar-refractivity contribution in [3.63, 3.8) is 0 Å². The van der Waals surface area contributed by atoms with E-state index in [2.05, 4.69) is 65.3 Å². The van der Waals surface area contributed by atoms with Gasteiger partial charge in [-0.25, -0.2) is 4.79 Å². The molecule has 2 atom stereocenters. The molecular weight excluding hydrogens is 490 g/mol. The third-order valence-corrected chi connectivity index (χ3v) is 9.37. The number of aliphatic hydroxyl groups is 1. The molecule has 3 aromatic rings. The van der Waals surface area contributed by atoms with Crippen molar-refractivity contribution < 1.29 is 19.4 Å². The summed E-state index contributed by atoms with van der Waals surface area (Å²) in [5.41, 5.74) is 5.02. The van der Waals surface area contributed by atoms with E-state index in [0.717, 1.165) is 31.4 Å². The van der Waals surface area contributed by atoms with E-state index < -0.39 is 5.60 Å². The standard InChI is InChI=1S/C32H39N3O4/c1-20-13-25-24-7-5-6-8-26(24)33-27(25)28(35(20)32-16-31(17-32,18-32)19-36)21-9-11-22(12-10-21)38-23-14-34(15-23)29(37)39-30(2,3)4/h5-12,20,23,28,33,36H,13-19H2,1-4H3. The Hall–Kier alpha value is -3.03. The summed E-state index contributed by atoms with van der Waals surface area (Å²) in [7, 11) is 0. The summed E-state index contributed by atoms with van der Waals surface area (Å²) in [5, 5.41) is 11.3. The lowest BCUT2D eigenvalue weighted by Crippen LogP contribution is -2.77. The molecule has 2 aliphatic heterocycles. The van der Waals surface area contributed by atoms with Gasteiger partial charge in [-0.15, -0.1) is 0 Å². The van der Waals surface area contributed by atoms with Crippen molar-refractivity contribution in [3.05, 3.63) is 65.4 Å². The lowest BCUT2D eigenvalue weighted by atomic mass is 9.38. The van der Waals surface area contributed by atoms with Crippen molar-refractivity contribution in [1.82, 2.24) is 14.8 Å². The summed E-state index contributed by atoms with van der Waals surface area (Å²) in [5.74, 6) is 0.824. The zero-order valence-electron chi connectivity index (χ0n) is 23.4. The Balaban J connectivity index is 1.13. The molecule has 2 N–H and O–H groups in total. The molecule has 0 spiro atoms. The lowest BCUT2D eigenvalue weighted by Gasteiger charge is -2.76. The van der Waals surface area contributed by atoms with Crippen LogP contribution in [-0.4, -0.2) is 69.0 Å². The first kappa shape index (κ1) is 25.0. The number of rotatable bonds is 5. The normalized spacial score (nSPS) is 30.2. The number of aliphatic hydroxyl groups excluding tert-OH is 1. The largest absolute Gasteiger partial charge is 0.487 e. The molecule has 1 aromatic heterocycles. The fraction of sp³-hybridized carbons (Fsp3) is 0.531. The SMILES string of the molecule is CC1Cc2c([nH]c3ccccc23)C(c2ccc(OC3CN(C(=O)OC(C)(C)C)C3)cc2)N1C12CC(CO)(C1)C2. The quantitative estimate of drug-likeness (QED) is 0.462. The Kier molecular flexibility index (Phi) is 5.43. The van der Waals surface area contributed by atoms with Gasteiger partial charge in [0, 0.05) is 34.8 Å². The molecule has 5 aliphatic rings. The number of benzene rings is 2. The molecule has 1 amide bonds. The second-order valence-corrected chi connectivity index (χ2v) is 13.5. The maximum absolute atomic E-state index is 12.3. The van der Waals surface area contributed by atoms with Crippen molar-refractivity contribution in [2.75, 3.05) is 19.7 Å². The summed E-state index contributed by atoms with van der Waals surface area (Å²) >= 11 is 0. The number of hydrogen-bond acceptors (Lipinski definition) is 5. The van der Waals surface area contributed by atoms with E-state index in [1.165, 1.54) is 27.7 Å². The third kappa shape index (κ3) is 3.96. The highest BCUT2D eigenvalue weighted by atomic mass is 16.6. The molecule has 4 fully saturated rings. The van der Waals surface area contributed by atoms with E-state index >= 15 is 0 Å². The summed E-state index contributed by atoms with van der Waals surface area (Å²) in [6.45, 7) is 9.39. The number of aromatic amines is 1. The van der Waals surface area contributed by atoms with Crippen molar-refractivity contribution >= 4 is 17.0 Å². The van der Waals surface area contributed by atoms with Crippen molar-refractivity contribution in [1.29, 1.82) is 0 Å². The van der Waals surface area contributed by atoms with Crippen LogP contribution >= 0.6 is 0 Å². The number of H-pyrrole nitrogens is 1. The van der Waals surface area contributed by atoms with Crippen molar-refractivity contribution in [2.24, 2.45) is 5.41 Å². The Labute approximate surface area is 230 Å². The van der Waals surface area contributed by atoms with Gasteiger partial charge in [0.05, 0.1) is 19.1 Å². The summed E-state index contributed by atoms with van der Waals surface area (Å²) < 4.78 is 11.7. The minimum atomic E-state index is -0.494. The Morgan fingerprint density at radius 1 is 1.08 bits per heavy atom. The van der Waals surface area contributed by atoms with Crippen LogP contribution in [0.3, 0.4) is 0 Å². The Bertz CT molecular complexity index is 1400. The van der Waals surface area contributed by atoms with Crippen molar-refractivity contribution in [2.45, 2.75) is 82.7 Å². The average molecular weight is 530 g/mol. The molecule has 2 unspecified atom stereocenters. The first-order valence-corrected chi connectivity index (χ1v) is 14.3. The fourth-order valence-electron chi connectivity index (χ4n) is 7.82. The number of nitrogens with zero attached hydrogens (tertiary/aromatic N) is 2. The first-order valence-electron chi connectivity index (χ1n) is 14.3. The summed E-state index contributed by atoms with van der Waals surface area (Å²) in [6.07, 6.45) is 3.98. The number of likely N-dealkylation sites (tertiary alicyclic amines) is 1. The first-order chi connectivity index (χ1) is 18.6. The van der Waals surface area contributed by atoms with Crippen LogP contribution in [0.5, 0.6) is 5.75 Å². The molecule has 3 aliphatic carbocycles. The van der Waals surface area contributed by atoms with Gasteiger partial charge in [-0.2, -0.15) is 0 Å². The van der Waals surface area contributed by atoms with Gasteiger partial charge in [-0.05, 0) is 88.1 Å². The van der Waals surface area contributed by atoms with Crippen molar-refractivity contribution in [3.8, 4) is 5.75 Å². The van der Waals surface area contributed by atoms with Gasteiger partial charge in [0.15, 0.2) is 0 Å². The van der Waals surface area contributed by atoms with Crippen LogP contribution in [0.2, 0.25) is 0 Å². The van der Waals surface area contributed by atoms with Gasteiger partial charge >= 0.3 is 6.09 Å². The number of fused-ring (bicyclic) bond motifs is 3. The zero-order valence-corrected chi connectivity index (χ0v) is 23.4. The van der Waals surface area contributed by atoms with Crippen LogP contribution in [0.4, 0.5) is 4.79 Å². The third-order valence-electron chi connectivity index (χ3n) is 9.37. The van der Waals surface area contributed by atoms with E-state index in [0.29, 0.717) is 25.7 Å². The van der Waals surface area contributed by atoms with Crippen LogP contribution < -0.4 is 4.74 Å². The van der Waals surface area contributed by atoms with E-state index in [1.54, 1.807) is 4.90 Å². The van der Waals surface area contributed by atoms with Crippen LogP contribution in [0.1, 0.15) is 69.8 Å². The van der Waals surface area contributed by atoms with Crippen LogP contribution in [0.25, 0.3) is 10.9 Å². The minimum Gasteiger partial charge on any atom is -0.487 e. The highest BCUT2D eigenvalue weighted by molar-refractivity contribution is 5.85. The maximum atomic E-state index is 12.3. The molecule has 3 heterocycles. The molecule has 206 valence electrons.